The smallest absolute Gasteiger partial charge is 0.348 e. The van der Waals surface area contributed by atoms with Gasteiger partial charge < -0.3 is 40.0 Å². The van der Waals surface area contributed by atoms with E-state index in [0.717, 1.165) is 0 Å². The molecule has 114 valence electrons. The SMILES string of the molecule is O=C(C(P(=O)(O)O)P(=O)(O)O)[C@H](O)[C@H](O)[C@H](O)CO. The van der Waals surface area contributed by atoms with E-state index in [-0.39, 0.29) is 0 Å². The van der Waals surface area contributed by atoms with Crippen LogP contribution in [-0.2, 0) is 13.9 Å². The van der Waals surface area contributed by atoms with Crippen LogP contribution in [0.5, 0.6) is 0 Å². The van der Waals surface area contributed by atoms with Crippen molar-refractivity contribution in [3.05, 3.63) is 0 Å². The lowest BCUT2D eigenvalue weighted by Gasteiger charge is -2.25. The molecule has 0 aliphatic carbocycles. The van der Waals surface area contributed by atoms with Crippen LogP contribution in [0.25, 0.3) is 0 Å². The Morgan fingerprint density at radius 3 is 1.58 bits per heavy atom. The number of ketones is 1. The van der Waals surface area contributed by atoms with Gasteiger partial charge in [-0.1, -0.05) is 0 Å². The van der Waals surface area contributed by atoms with Gasteiger partial charge in [-0.3, -0.25) is 13.9 Å². The molecule has 0 aliphatic heterocycles. The van der Waals surface area contributed by atoms with E-state index in [0.29, 0.717) is 0 Å². The molecule has 0 fully saturated rings. The zero-order valence-corrected chi connectivity index (χ0v) is 11.0. The Bertz CT molecular complexity index is 387. The molecule has 0 unspecified atom stereocenters. The average molecular weight is 324 g/mol. The van der Waals surface area contributed by atoms with Gasteiger partial charge in [0, 0.05) is 0 Å². The molecule has 0 saturated heterocycles. The molecule has 0 aromatic heterocycles. The fraction of sp³-hybridized carbons (Fsp3) is 0.833. The summed E-state index contributed by atoms with van der Waals surface area (Å²) in [6, 6.07) is 0. The van der Waals surface area contributed by atoms with E-state index in [4.69, 9.17) is 34.9 Å². The molecule has 8 N–H and O–H groups in total. The van der Waals surface area contributed by atoms with Crippen LogP contribution in [0.2, 0.25) is 0 Å². The molecule has 0 aliphatic rings. The summed E-state index contributed by atoms with van der Waals surface area (Å²) in [4.78, 5) is 46.2. The molecule has 0 rings (SSSR count). The van der Waals surface area contributed by atoms with Gasteiger partial charge in [0.2, 0.25) is 5.40 Å². The minimum atomic E-state index is -5.61. The maximum Gasteiger partial charge on any atom is 0.348 e. The topological polar surface area (TPSA) is 213 Å². The van der Waals surface area contributed by atoms with Crippen LogP contribution in [0.3, 0.4) is 0 Å². The highest BCUT2D eigenvalue weighted by Crippen LogP contribution is 2.60. The first-order chi connectivity index (χ1) is 8.34. The summed E-state index contributed by atoms with van der Waals surface area (Å²) in [7, 11) is -11.2. The third-order valence-electron chi connectivity index (χ3n) is 2.09. The Morgan fingerprint density at radius 1 is 0.947 bits per heavy atom. The zero-order valence-electron chi connectivity index (χ0n) is 9.21. The van der Waals surface area contributed by atoms with Crippen molar-refractivity contribution in [3.8, 4) is 0 Å². The van der Waals surface area contributed by atoms with Crippen molar-refractivity contribution in [3.63, 3.8) is 0 Å². The predicted octanol–water partition coefficient (Wildman–Crippen LogP) is -3.69. The maximum atomic E-state index is 11.4. The minimum absolute atomic E-state index is 1.10. The van der Waals surface area contributed by atoms with Crippen LogP contribution in [0.15, 0.2) is 0 Å². The number of hydrogen-bond donors (Lipinski definition) is 8. The maximum absolute atomic E-state index is 11.4. The van der Waals surface area contributed by atoms with Crippen molar-refractivity contribution in [1.82, 2.24) is 0 Å². The summed E-state index contributed by atoms with van der Waals surface area (Å²) < 4.78 is 21.7. The summed E-state index contributed by atoms with van der Waals surface area (Å²) in [5.74, 6) is -2.04. The molecule has 11 nitrogen and oxygen atoms in total. The zero-order chi connectivity index (χ0) is 15.6. The largest absolute Gasteiger partial charge is 0.394 e. The summed E-state index contributed by atoms with van der Waals surface area (Å²) in [5, 5.41) is 32.6. The van der Waals surface area contributed by atoms with E-state index in [9.17, 15) is 19.0 Å². The van der Waals surface area contributed by atoms with Crippen molar-refractivity contribution in [2.24, 2.45) is 0 Å². The molecule has 19 heavy (non-hydrogen) atoms. The van der Waals surface area contributed by atoms with E-state index in [1.54, 1.807) is 0 Å². The van der Waals surface area contributed by atoms with Crippen LogP contribution in [-0.4, -0.2) is 76.1 Å². The number of aliphatic hydroxyl groups is 4. The van der Waals surface area contributed by atoms with Crippen LogP contribution in [0.1, 0.15) is 0 Å². The first-order valence-electron chi connectivity index (χ1n) is 4.63. The van der Waals surface area contributed by atoms with Gasteiger partial charge in [0.1, 0.15) is 18.3 Å². The van der Waals surface area contributed by atoms with Gasteiger partial charge in [-0.15, -0.1) is 0 Å². The number of carbonyl (C=O) groups is 1. The molecule has 0 bridgehead atoms. The second kappa shape index (κ2) is 6.51. The van der Waals surface area contributed by atoms with Crippen molar-refractivity contribution in [2.75, 3.05) is 6.61 Å². The minimum Gasteiger partial charge on any atom is -0.394 e. The first-order valence-corrected chi connectivity index (χ1v) is 7.99. The van der Waals surface area contributed by atoms with E-state index >= 15 is 0 Å². The monoisotopic (exact) mass is 324 g/mol. The number of hydrogen-bond acceptors (Lipinski definition) is 7. The van der Waals surface area contributed by atoms with Gasteiger partial charge in [0.15, 0.2) is 5.78 Å². The van der Waals surface area contributed by atoms with E-state index in [1.165, 1.54) is 0 Å². The van der Waals surface area contributed by atoms with Gasteiger partial charge in [-0.05, 0) is 0 Å². The average Bonchev–Trinajstić information content (AvgIpc) is 2.21. The summed E-state index contributed by atoms with van der Waals surface area (Å²) >= 11 is 0. The molecule has 3 atom stereocenters. The molecule has 0 heterocycles. The fourth-order valence-corrected chi connectivity index (χ4v) is 3.70. The Morgan fingerprint density at radius 2 is 1.32 bits per heavy atom. The Kier molecular flexibility index (Phi) is 6.44. The molecule has 0 aromatic rings. The van der Waals surface area contributed by atoms with Gasteiger partial charge in [-0.25, -0.2) is 0 Å². The van der Waals surface area contributed by atoms with Crippen molar-refractivity contribution in [2.45, 2.75) is 23.7 Å². The number of aliphatic hydroxyl groups excluding tert-OH is 4. The lowest BCUT2D eigenvalue weighted by Crippen LogP contribution is -2.47. The van der Waals surface area contributed by atoms with Crippen molar-refractivity contribution >= 4 is 21.0 Å². The number of carbonyl (C=O) groups excluding carboxylic acids is 1. The van der Waals surface area contributed by atoms with Crippen LogP contribution in [0, 0.1) is 0 Å². The third-order valence-corrected chi connectivity index (χ3v) is 5.68. The summed E-state index contributed by atoms with van der Waals surface area (Å²) in [6.45, 7) is -1.10. The normalized spacial score (nSPS) is 18.2. The summed E-state index contributed by atoms with van der Waals surface area (Å²) in [6.07, 6.45) is -7.08. The Labute approximate surface area is 106 Å². The van der Waals surface area contributed by atoms with Crippen LogP contribution < -0.4 is 0 Å². The van der Waals surface area contributed by atoms with E-state index in [2.05, 4.69) is 0 Å². The fourth-order valence-electron chi connectivity index (χ4n) is 1.17. The molecule has 0 spiro atoms. The highest BCUT2D eigenvalue weighted by atomic mass is 31.2. The van der Waals surface area contributed by atoms with Crippen LogP contribution in [0.4, 0.5) is 0 Å². The molecule has 0 aromatic carbocycles. The van der Waals surface area contributed by atoms with E-state index < -0.39 is 51.3 Å². The highest BCUT2D eigenvalue weighted by Gasteiger charge is 2.52. The molecule has 0 saturated carbocycles. The molecule has 0 radical (unpaired) electrons. The van der Waals surface area contributed by atoms with Crippen LogP contribution >= 0.6 is 15.2 Å². The molecule has 13 heteroatoms. The lowest BCUT2D eigenvalue weighted by molar-refractivity contribution is -0.138. The van der Waals surface area contributed by atoms with Gasteiger partial charge in [0.05, 0.1) is 6.61 Å². The second-order valence-corrected chi connectivity index (χ2v) is 7.44. The molecular formula is C6H14O11P2. The highest BCUT2D eigenvalue weighted by molar-refractivity contribution is 7.72. The third kappa shape index (κ3) is 5.01. The Hall–Kier alpha value is -0.190. The lowest BCUT2D eigenvalue weighted by atomic mass is 10.1. The quantitative estimate of drug-likeness (QED) is 0.213. The van der Waals surface area contributed by atoms with Gasteiger partial charge >= 0.3 is 15.2 Å². The van der Waals surface area contributed by atoms with Crippen molar-refractivity contribution < 1.29 is 53.9 Å². The van der Waals surface area contributed by atoms with E-state index in [1.807, 2.05) is 0 Å². The Balaban J connectivity index is 5.36. The standard InChI is InChI=1S/C6H14O11P2/c7-1-2(8)3(9)4(10)5(11)6(18(12,13)14)19(15,16)17/h2-4,6-10H,1H2,(H2,12,13,14)(H2,15,16,17)/t2-,3-,4-/m1/s1. The predicted molar refractivity (Wildman–Crippen MR) is 58.0 cm³/mol. The van der Waals surface area contributed by atoms with Gasteiger partial charge in [0.25, 0.3) is 0 Å². The van der Waals surface area contributed by atoms with Crippen molar-refractivity contribution in [1.29, 1.82) is 0 Å². The molecule has 0 amide bonds. The number of Topliss-reactive ketones (excluding diaryl/α,β-unsaturated/α-hetero) is 1. The first kappa shape index (κ1) is 18.8. The van der Waals surface area contributed by atoms with Gasteiger partial charge in [-0.2, -0.15) is 0 Å². The second-order valence-electron chi connectivity index (χ2n) is 3.64. The number of rotatable bonds is 7. The summed E-state index contributed by atoms with van der Waals surface area (Å²) in [5.41, 5.74) is 0. The molecular weight excluding hydrogens is 310 g/mol.